The van der Waals surface area contributed by atoms with E-state index in [0.29, 0.717) is 12.3 Å². The lowest BCUT2D eigenvalue weighted by atomic mass is 10.0. The smallest absolute Gasteiger partial charge is 0.408 e. The molecule has 0 aliphatic heterocycles. The van der Waals surface area contributed by atoms with Gasteiger partial charge in [-0.3, -0.25) is 9.59 Å². The average Bonchev–Trinajstić information content (AvgIpc) is 2.42. The van der Waals surface area contributed by atoms with Gasteiger partial charge in [0.05, 0.1) is 12.6 Å². The number of carbonyl (C=O) groups is 3. The molecule has 2 atom stereocenters. The molecule has 0 spiro atoms. The van der Waals surface area contributed by atoms with Crippen molar-refractivity contribution in [1.29, 1.82) is 0 Å². The fraction of sp³-hybridized carbons (Fsp3) is 0.833. The Morgan fingerprint density at radius 1 is 1.00 bits per heavy atom. The van der Waals surface area contributed by atoms with Gasteiger partial charge in [0.2, 0.25) is 11.8 Å². The second kappa shape index (κ2) is 9.75. The molecule has 0 unspecified atom stereocenters. The van der Waals surface area contributed by atoms with Crippen molar-refractivity contribution >= 4 is 17.9 Å². The molecular weight excluding hydrogens is 338 g/mol. The van der Waals surface area contributed by atoms with Crippen molar-refractivity contribution < 1.29 is 24.2 Å². The van der Waals surface area contributed by atoms with Crippen LogP contribution in [0.5, 0.6) is 0 Å². The molecular formula is C18H35N3O5. The summed E-state index contributed by atoms with van der Waals surface area (Å²) in [6.45, 7) is 13.6. The largest absolute Gasteiger partial charge is 0.444 e. The summed E-state index contributed by atoms with van der Waals surface area (Å²) in [5.41, 5.74) is -1.94. The highest BCUT2D eigenvalue weighted by Crippen LogP contribution is 2.10. The molecule has 0 aromatic carbocycles. The van der Waals surface area contributed by atoms with E-state index in [1.165, 1.54) is 13.8 Å². The van der Waals surface area contributed by atoms with Gasteiger partial charge in [-0.05, 0) is 53.9 Å². The number of nitrogens with one attached hydrogen (secondary N) is 3. The standard InChI is InChI=1S/C18H35N3O5/c1-11(2)9-13(10-22)20-14(23)12(3)19-15(24)18(7,8)21-16(25)26-17(4,5)6/h11-13,22H,9-10H2,1-8H3,(H,19,24)(H,20,23)(H,21,25)/t12-,13-/m0/s1. The maximum atomic E-state index is 12.4. The molecule has 0 fully saturated rings. The third kappa shape index (κ3) is 9.60. The van der Waals surface area contributed by atoms with Crippen LogP contribution < -0.4 is 16.0 Å². The van der Waals surface area contributed by atoms with Gasteiger partial charge in [-0.2, -0.15) is 0 Å². The van der Waals surface area contributed by atoms with Crippen LogP contribution in [0, 0.1) is 5.92 Å². The van der Waals surface area contributed by atoms with Crippen LogP contribution in [0.3, 0.4) is 0 Å². The molecule has 152 valence electrons. The normalized spacial score (nSPS) is 14.4. The molecule has 26 heavy (non-hydrogen) atoms. The number of hydrogen-bond donors (Lipinski definition) is 4. The lowest BCUT2D eigenvalue weighted by Crippen LogP contribution is -2.59. The van der Waals surface area contributed by atoms with Crippen molar-refractivity contribution in [2.24, 2.45) is 5.92 Å². The van der Waals surface area contributed by atoms with Gasteiger partial charge in [-0.15, -0.1) is 0 Å². The number of aliphatic hydroxyl groups is 1. The summed E-state index contributed by atoms with van der Waals surface area (Å²) in [6.07, 6.45) is -0.0822. The number of carbonyl (C=O) groups excluding carboxylic acids is 3. The number of rotatable bonds is 8. The molecule has 0 rings (SSSR count). The van der Waals surface area contributed by atoms with Crippen LogP contribution in [-0.2, 0) is 14.3 Å². The Bertz CT molecular complexity index is 498. The van der Waals surface area contributed by atoms with Crippen LogP contribution >= 0.6 is 0 Å². The number of amides is 3. The minimum Gasteiger partial charge on any atom is -0.444 e. The van der Waals surface area contributed by atoms with Crippen LogP contribution in [0.15, 0.2) is 0 Å². The molecule has 0 heterocycles. The zero-order valence-corrected chi connectivity index (χ0v) is 17.2. The van der Waals surface area contributed by atoms with Gasteiger partial charge >= 0.3 is 6.09 Å². The summed E-state index contributed by atoms with van der Waals surface area (Å²) in [5.74, 6) is -0.601. The van der Waals surface area contributed by atoms with Gasteiger partial charge in [0, 0.05) is 0 Å². The molecule has 0 aromatic heterocycles. The molecule has 8 nitrogen and oxygen atoms in total. The minimum absolute atomic E-state index is 0.170. The second-order valence-electron chi connectivity index (χ2n) is 8.46. The fourth-order valence-corrected chi connectivity index (χ4v) is 2.13. The van der Waals surface area contributed by atoms with E-state index in [0.717, 1.165) is 0 Å². The molecule has 0 aliphatic carbocycles. The minimum atomic E-state index is -1.26. The summed E-state index contributed by atoms with van der Waals surface area (Å²) in [5, 5.41) is 17.1. The van der Waals surface area contributed by atoms with E-state index >= 15 is 0 Å². The van der Waals surface area contributed by atoms with Crippen LogP contribution in [-0.4, -0.2) is 52.8 Å². The maximum absolute atomic E-state index is 12.4. The van der Waals surface area contributed by atoms with E-state index in [4.69, 9.17) is 4.74 Å². The first-order chi connectivity index (χ1) is 11.7. The van der Waals surface area contributed by atoms with E-state index in [9.17, 15) is 19.5 Å². The highest BCUT2D eigenvalue weighted by Gasteiger charge is 2.33. The third-order valence-electron chi connectivity index (χ3n) is 3.44. The number of aliphatic hydroxyl groups excluding tert-OH is 1. The number of hydrogen-bond acceptors (Lipinski definition) is 5. The van der Waals surface area contributed by atoms with Crippen LogP contribution in [0.4, 0.5) is 4.79 Å². The van der Waals surface area contributed by atoms with Crippen molar-refractivity contribution in [2.45, 2.75) is 85.0 Å². The van der Waals surface area contributed by atoms with E-state index in [1.54, 1.807) is 27.7 Å². The lowest BCUT2D eigenvalue weighted by molar-refractivity contribution is -0.132. The SMILES string of the molecule is CC(C)C[C@@H](CO)NC(=O)[C@H](C)NC(=O)C(C)(C)NC(=O)OC(C)(C)C. The lowest BCUT2D eigenvalue weighted by Gasteiger charge is -2.29. The monoisotopic (exact) mass is 373 g/mol. The van der Waals surface area contributed by atoms with E-state index in [1.807, 2.05) is 13.8 Å². The van der Waals surface area contributed by atoms with Crippen molar-refractivity contribution in [2.75, 3.05) is 6.61 Å². The summed E-state index contributed by atoms with van der Waals surface area (Å²) in [7, 11) is 0. The van der Waals surface area contributed by atoms with Gasteiger partial charge in [0.15, 0.2) is 0 Å². The summed E-state index contributed by atoms with van der Waals surface area (Å²) in [4.78, 5) is 36.5. The Morgan fingerprint density at radius 3 is 1.96 bits per heavy atom. The van der Waals surface area contributed by atoms with Crippen LogP contribution in [0.1, 0.15) is 61.8 Å². The zero-order valence-electron chi connectivity index (χ0n) is 17.2. The highest BCUT2D eigenvalue weighted by atomic mass is 16.6. The van der Waals surface area contributed by atoms with Gasteiger partial charge in [0.25, 0.3) is 0 Å². The van der Waals surface area contributed by atoms with Gasteiger partial charge in [-0.1, -0.05) is 13.8 Å². The summed E-state index contributed by atoms with van der Waals surface area (Å²) in [6, 6.07) is -1.18. The predicted molar refractivity (Wildman–Crippen MR) is 99.5 cm³/mol. The Hall–Kier alpha value is -1.83. The topological polar surface area (TPSA) is 117 Å². The van der Waals surface area contributed by atoms with Gasteiger partial charge in [-0.25, -0.2) is 4.79 Å². The quantitative estimate of drug-likeness (QED) is 0.512. The molecule has 0 saturated carbocycles. The molecule has 0 radical (unpaired) electrons. The molecule has 3 amide bonds. The molecule has 0 saturated heterocycles. The van der Waals surface area contributed by atoms with Gasteiger partial charge < -0.3 is 25.8 Å². The Balaban J connectivity index is 4.71. The van der Waals surface area contributed by atoms with E-state index in [2.05, 4.69) is 16.0 Å². The Kier molecular flexibility index (Phi) is 9.07. The van der Waals surface area contributed by atoms with Crippen molar-refractivity contribution in [1.82, 2.24) is 16.0 Å². The van der Waals surface area contributed by atoms with Crippen molar-refractivity contribution in [3.05, 3.63) is 0 Å². The third-order valence-corrected chi connectivity index (χ3v) is 3.44. The first kappa shape index (κ1) is 24.2. The molecule has 0 aromatic rings. The fourth-order valence-electron chi connectivity index (χ4n) is 2.13. The first-order valence-electron chi connectivity index (χ1n) is 8.91. The molecule has 8 heteroatoms. The number of alkyl carbamates (subject to hydrolysis) is 1. The van der Waals surface area contributed by atoms with E-state index in [-0.39, 0.29) is 12.6 Å². The predicted octanol–water partition coefficient (Wildman–Crippen LogP) is 1.32. The Labute approximate surface area is 156 Å². The van der Waals surface area contributed by atoms with E-state index < -0.39 is 35.1 Å². The highest BCUT2D eigenvalue weighted by molar-refractivity contribution is 5.93. The number of ether oxygens (including phenoxy) is 1. The molecule has 0 aliphatic rings. The Morgan fingerprint density at radius 2 is 1.54 bits per heavy atom. The van der Waals surface area contributed by atoms with Gasteiger partial charge in [0.1, 0.15) is 17.2 Å². The van der Waals surface area contributed by atoms with Crippen LogP contribution in [0.25, 0.3) is 0 Å². The summed E-state index contributed by atoms with van der Waals surface area (Å²) < 4.78 is 5.14. The first-order valence-corrected chi connectivity index (χ1v) is 8.91. The molecule has 4 N–H and O–H groups in total. The molecule has 0 bridgehead atoms. The average molecular weight is 373 g/mol. The van der Waals surface area contributed by atoms with Crippen molar-refractivity contribution in [3.8, 4) is 0 Å². The van der Waals surface area contributed by atoms with Crippen molar-refractivity contribution in [3.63, 3.8) is 0 Å². The zero-order chi connectivity index (χ0) is 20.7. The second-order valence-corrected chi connectivity index (χ2v) is 8.46. The maximum Gasteiger partial charge on any atom is 0.408 e. The summed E-state index contributed by atoms with van der Waals surface area (Å²) >= 11 is 0. The van der Waals surface area contributed by atoms with Crippen LogP contribution in [0.2, 0.25) is 0 Å².